The van der Waals surface area contributed by atoms with Crippen molar-refractivity contribution in [1.29, 1.82) is 0 Å². The summed E-state index contributed by atoms with van der Waals surface area (Å²) in [7, 11) is 4.96. The lowest BCUT2D eigenvalue weighted by atomic mass is 9.99. The van der Waals surface area contributed by atoms with Crippen molar-refractivity contribution in [1.82, 2.24) is 0 Å². The van der Waals surface area contributed by atoms with E-state index in [1.807, 2.05) is 0 Å². The van der Waals surface area contributed by atoms with Crippen LogP contribution in [-0.4, -0.2) is 21.3 Å². The van der Waals surface area contributed by atoms with E-state index in [2.05, 4.69) is 19.9 Å². The first-order chi connectivity index (χ1) is 8.23. The van der Waals surface area contributed by atoms with Crippen LogP contribution in [0.4, 0.5) is 0 Å². The smallest absolute Gasteiger partial charge is 0.203 e. The number of ether oxygens (including phenoxy) is 3. The molecule has 0 aliphatic rings. The maximum atomic E-state index is 5.48. The van der Waals surface area contributed by atoms with Gasteiger partial charge < -0.3 is 14.2 Å². The van der Waals surface area contributed by atoms with Crippen LogP contribution in [0.15, 0.2) is 6.07 Å². The van der Waals surface area contributed by atoms with Crippen LogP contribution in [0.3, 0.4) is 0 Å². The van der Waals surface area contributed by atoms with E-state index >= 15 is 0 Å². The molecule has 0 saturated carbocycles. The molecular weight excluding hydrogens is 216 g/mol. The number of benzene rings is 1. The highest BCUT2D eigenvalue weighted by molar-refractivity contribution is 5.59. The van der Waals surface area contributed by atoms with E-state index < -0.39 is 0 Å². The minimum absolute atomic E-state index is 0.687. The molecule has 1 aromatic carbocycles. The van der Waals surface area contributed by atoms with Crippen molar-refractivity contribution in [3.05, 3.63) is 17.2 Å². The normalized spacial score (nSPS) is 10.2. The van der Waals surface area contributed by atoms with E-state index in [-0.39, 0.29) is 0 Å². The molecule has 0 atom stereocenters. The highest BCUT2D eigenvalue weighted by Crippen LogP contribution is 2.42. The van der Waals surface area contributed by atoms with Crippen molar-refractivity contribution < 1.29 is 14.2 Å². The van der Waals surface area contributed by atoms with Gasteiger partial charge in [-0.3, -0.25) is 0 Å². The molecule has 0 aliphatic heterocycles. The van der Waals surface area contributed by atoms with Gasteiger partial charge in [0.25, 0.3) is 0 Å². The van der Waals surface area contributed by atoms with Crippen molar-refractivity contribution in [2.24, 2.45) is 0 Å². The first kappa shape index (κ1) is 13.7. The molecule has 0 bridgehead atoms. The summed E-state index contributed by atoms with van der Waals surface area (Å²) in [4.78, 5) is 0. The molecule has 0 fully saturated rings. The van der Waals surface area contributed by atoms with Gasteiger partial charge in [0.05, 0.1) is 21.3 Å². The average molecular weight is 238 g/mol. The topological polar surface area (TPSA) is 27.7 Å². The average Bonchev–Trinajstić information content (AvgIpc) is 2.37. The predicted octanol–water partition coefficient (Wildman–Crippen LogP) is 3.23. The second-order valence-electron chi connectivity index (χ2n) is 3.89. The van der Waals surface area contributed by atoms with Gasteiger partial charge in [-0.05, 0) is 24.5 Å². The number of methoxy groups -OCH3 is 3. The summed E-state index contributed by atoms with van der Waals surface area (Å²) in [6.45, 7) is 4.30. The van der Waals surface area contributed by atoms with E-state index in [1.54, 1.807) is 21.3 Å². The van der Waals surface area contributed by atoms with E-state index in [1.165, 1.54) is 11.1 Å². The minimum Gasteiger partial charge on any atom is -0.493 e. The zero-order valence-corrected chi connectivity index (χ0v) is 11.4. The Bertz CT molecular complexity index is 372. The highest BCUT2D eigenvalue weighted by Gasteiger charge is 2.18. The standard InChI is InChI=1S/C14H22O3/c1-6-8-10-9-12(15-3)14(17-5)13(16-4)11(10)7-2/h9H,6-8H2,1-5H3. The van der Waals surface area contributed by atoms with Crippen molar-refractivity contribution in [2.75, 3.05) is 21.3 Å². The molecule has 0 spiro atoms. The molecule has 0 aliphatic carbocycles. The molecule has 0 amide bonds. The Morgan fingerprint density at radius 2 is 1.59 bits per heavy atom. The van der Waals surface area contributed by atoms with Crippen LogP contribution in [0.1, 0.15) is 31.4 Å². The van der Waals surface area contributed by atoms with E-state index in [4.69, 9.17) is 14.2 Å². The molecule has 0 saturated heterocycles. The fourth-order valence-electron chi connectivity index (χ4n) is 2.15. The highest BCUT2D eigenvalue weighted by atomic mass is 16.5. The van der Waals surface area contributed by atoms with Gasteiger partial charge in [-0.25, -0.2) is 0 Å². The van der Waals surface area contributed by atoms with Crippen LogP contribution in [0.5, 0.6) is 17.2 Å². The molecule has 1 rings (SSSR count). The lowest BCUT2D eigenvalue weighted by Crippen LogP contribution is -2.02. The fraction of sp³-hybridized carbons (Fsp3) is 0.571. The van der Waals surface area contributed by atoms with E-state index in [0.717, 1.165) is 30.8 Å². The van der Waals surface area contributed by atoms with Crippen LogP contribution >= 0.6 is 0 Å². The molecule has 0 N–H and O–H groups in total. The lowest BCUT2D eigenvalue weighted by molar-refractivity contribution is 0.321. The van der Waals surface area contributed by atoms with Gasteiger partial charge in [-0.2, -0.15) is 0 Å². The van der Waals surface area contributed by atoms with Crippen LogP contribution in [0.25, 0.3) is 0 Å². The van der Waals surface area contributed by atoms with E-state index in [9.17, 15) is 0 Å². The number of rotatable bonds is 6. The van der Waals surface area contributed by atoms with Crippen molar-refractivity contribution >= 4 is 0 Å². The Labute approximate surface area is 104 Å². The molecule has 0 unspecified atom stereocenters. The summed E-state index contributed by atoms with van der Waals surface area (Å²) in [5, 5.41) is 0. The zero-order chi connectivity index (χ0) is 12.8. The fourth-order valence-corrected chi connectivity index (χ4v) is 2.15. The lowest BCUT2D eigenvalue weighted by Gasteiger charge is -2.18. The van der Waals surface area contributed by atoms with Gasteiger partial charge in [0, 0.05) is 5.56 Å². The van der Waals surface area contributed by atoms with Gasteiger partial charge in [0.1, 0.15) is 0 Å². The quantitative estimate of drug-likeness (QED) is 0.761. The number of aryl methyl sites for hydroxylation is 1. The molecule has 0 heterocycles. The maximum absolute atomic E-state index is 5.48. The number of hydrogen-bond donors (Lipinski definition) is 0. The molecule has 3 nitrogen and oxygen atoms in total. The summed E-state index contributed by atoms with van der Waals surface area (Å²) in [6, 6.07) is 2.06. The molecule has 1 aromatic rings. The monoisotopic (exact) mass is 238 g/mol. The Balaban J connectivity index is 3.42. The summed E-state index contributed by atoms with van der Waals surface area (Å²) in [5.41, 5.74) is 2.50. The molecule has 3 heteroatoms. The van der Waals surface area contributed by atoms with Crippen LogP contribution < -0.4 is 14.2 Å². The zero-order valence-electron chi connectivity index (χ0n) is 11.4. The minimum atomic E-state index is 0.687. The van der Waals surface area contributed by atoms with Gasteiger partial charge >= 0.3 is 0 Å². The number of hydrogen-bond acceptors (Lipinski definition) is 3. The van der Waals surface area contributed by atoms with Crippen LogP contribution in [0.2, 0.25) is 0 Å². The Morgan fingerprint density at radius 1 is 0.941 bits per heavy atom. The van der Waals surface area contributed by atoms with Crippen LogP contribution in [-0.2, 0) is 12.8 Å². The molecule has 0 aromatic heterocycles. The van der Waals surface area contributed by atoms with E-state index in [0.29, 0.717) is 5.75 Å². The summed E-state index contributed by atoms with van der Waals surface area (Å²) in [6.07, 6.45) is 3.06. The van der Waals surface area contributed by atoms with Gasteiger partial charge in [-0.15, -0.1) is 0 Å². The third-order valence-electron chi connectivity index (χ3n) is 2.90. The molecule has 17 heavy (non-hydrogen) atoms. The maximum Gasteiger partial charge on any atom is 0.203 e. The second kappa shape index (κ2) is 6.38. The van der Waals surface area contributed by atoms with Gasteiger partial charge in [0.15, 0.2) is 11.5 Å². The SMILES string of the molecule is CCCc1cc(OC)c(OC)c(OC)c1CC. The summed E-state index contributed by atoms with van der Waals surface area (Å²) in [5.74, 6) is 2.23. The largest absolute Gasteiger partial charge is 0.493 e. The Hall–Kier alpha value is -1.38. The van der Waals surface area contributed by atoms with Gasteiger partial charge in [0.2, 0.25) is 5.75 Å². The van der Waals surface area contributed by atoms with Crippen molar-refractivity contribution in [2.45, 2.75) is 33.1 Å². The predicted molar refractivity (Wildman–Crippen MR) is 69.5 cm³/mol. The molecule has 0 radical (unpaired) electrons. The van der Waals surface area contributed by atoms with Crippen molar-refractivity contribution in [3.8, 4) is 17.2 Å². The summed E-state index contributed by atoms with van der Waals surface area (Å²) < 4.78 is 16.2. The van der Waals surface area contributed by atoms with Gasteiger partial charge in [-0.1, -0.05) is 20.3 Å². The van der Waals surface area contributed by atoms with Crippen molar-refractivity contribution in [3.63, 3.8) is 0 Å². The first-order valence-corrected chi connectivity index (χ1v) is 6.04. The second-order valence-corrected chi connectivity index (χ2v) is 3.89. The third kappa shape index (κ3) is 2.65. The third-order valence-corrected chi connectivity index (χ3v) is 2.90. The van der Waals surface area contributed by atoms with Crippen LogP contribution in [0, 0.1) is 0 Å². The molecule has 96 valence electrons. The Morgan fingerprint density at radius 3 is 2.00 bits per heavy atom. The Kier molecular flexibility index (Phi) is 5.13. The summed E-state index contributed by atoms with van der Waals surface area (Å²) >= 11 is 0. The molecular formula is C14H22O3. The first-order valence-electron chi connectivity index (χ1n) is 6.04.